The average molecular weight is 533 g/mol. The molecule has 208 valence electrons. The van der Waals surface area contributed by atoms with Gasteiger partial charge in [-0.25, -0.2) is 0 Å². The molecule has 4 rings (SSSR count). The lowest BCUT2D eigenvalue weighted by atomic mass is 9.43. The number of esters is 4. The molecule has 1 aliphatic heterocycles. The number of methoxy groups -OCH3 is 2. The van der Waals surface area contributed by atoms with Gasteiger partial charge in [0.05, 0.1) is 38.6 Å². The zero-order valence-electron chi connectivity index (χ0n) is 22.4. The number of rotatable bonds is 8. The predicted octanol–water partition coefficient (Wildman–Crippen LogP) is 3.71. The largest absolute Gasteiger partial charge is 0.472 e. The van der Waals surface area contributed by atoms with Gasteiger partial charge in [-0.2, -0.15) is 0 Å². The summed E-state index contributed by atoms with van der Waals surface area (Å²) in [7, 11) is 2.61. The van der Waals surface area contributed by atoms with Gasteiger partial charge in [-0.1, -0.05) is 13.8 Å². The summed E-state index contributed by atoms with van der Waals surface area (Å²) in [6, 6.07) is 1.73. The first-order valence-electron chi connectivity index (χ1n) is 13.2. The van der Waals surface area contributed by atoms with E-state index in [1.807, 2.05) is 13.8 Å². The van der Waals surface area contributed by atoms with Gasteiger partial charge < -0.3 is 23.4 Å². The van der Waals surface area contributed by atoms with Crippen molar-refractivity contribution in [2.45, 2.75) is 77.4 Å². The van der Waals surface area contributed by atoms with Gasteiger partial charge in [0, 0.05) is 30.7 Å². The second-order valence-corrected chi connectivity index (χ2v) is 11.2. The predicted molar refractivity (Wildman–Crippen MR) is 130 cm³/mol. The highest BCUT2D eigenvalue weighted by Gasteiger charge is 2.67. The molecule has 0 aromatic carbocycles. The summed E-state index contributed by atoms with van der Waals surface area (Å²) in [5.41, 5.74) is -0.913. The minimum Gasteiger partial charge on any atom is -0.472 e. The summed E-state index contributed by atoms with van der Waals surface area (Å²) in [6.07, 6.45) is 3.70. The van der Waals surface area contributed by atoms with Crippen molar-refractivity contribution >= 4 is 29.7 Å². The summed E-state index contributed by atoms with van der Waals surface area (Å²) >= 11 is 0. The molecule has 1 aromatic heterocycles. The van der Waals surface area contributed by atoms with Crippen LogP contribution in [0.3, 0.4) is 0 Å². The number of ketones is 1. The van der Waals surface area contributed by atoms with Crippen molar-refractivity contribution in [3.8, 4) is 0 Å². The first-order chi connectivity index (χ1) is 18.0. The van der Waals surface area contributed by atoms with Crippen LogP contribution in [0.5, 0.6) is 0 Å². The van der Waals surface area contributed by atoms with Crippen LogP contribution in [-0.4, -0.2) is 50.0 Å². The Labute approximate surface area is 221 Å². The van der Waals surface area contributed by atoms with Crippen LogP contribution in [-0.2, 0) is 42.9 Å². The van der Waals surface area contributed by atoms with Crippen molar-refractivity contribution in [1.82, 2.24) is 0 Å². The molecule has 10 nitrogen and oxygen atoms in total. The van der Waals surface area contributed by atoms with Gasteiger partial charge in [0.2, 0.25) is 0 Å². The van der Waals surface area contributed by atoms with Gasteiger partial charge in [-0.05, 0) is 49.0 Å². The van der Waals surface area contributed by atoms with E-state index in [9.17, 15) is 24.0 Å². The normalized spacial score (nSPS) is 34.4. The van der Waals surface area contributed by atoms with Crippen LogP contribution < -0.4 is 0 Å². The zero-order chi connectivity index (χ0) is 27.7. The van der Waals surface area contributed by atoms with Crippen LogP contribution in [0.2, 0.25) is 0 Å². The van der Waals surface area contributed by atoms with Crippen molar-refractivity contribution < 1.29 is 47.3 Å². The van der Waals surface area contributed by atoms with Gasteiger partial charge in [-0.15, -0.1) is 0 Å². The summed E-state index contributed by atoms with van der Waals surface area (Å²) in [5.74, 6) is -3.99. The van der Waals surface area contributed by atoms with E-state index in [2.05, 4.69) is 4.74 Å². The fourth-order valence-corrected chi connectivity index (χ4v) is 7.12. The summed E-state index contributed by atoms with van der Waals surface area (Å²) < 4.78 is 26.4. The highest BCUT2D eigenvalue weighted by Crippen LogP contribution is 2.65. The number of carbonyl (C=O) groups excluding carboxylic acids is 5. The number of cyclic esters (lactones) is 1. The molecule has 0 amide bonds. The third-order valence-electron chi connectivity index (χ3n) is 9.02. The molecule has 1 aromatic rings. The highest BCUT2D eigenvalue weighted by atomic mass is 16.6. The van der Waals surface area contributed by atoms with E-state index in [0.29, 0.717) is 37.7 Å². The Kier molecular flexibility index (Phi) is 7.99. The maximum absolute atomic E-state index is 14.1. The summed E-state index contributed by atoms with van der Waals surface area (Å²) in [4.78, 5) is 64.3. The van der Waals surface area contributed by atoms with E-state index in [4.69, 9.17) is 18.6 Å². The zero-order valence-corrected chi connectivity index (χ0v) is 22.4. The molecule has 0 radical (unpaired) electrons. The quantitative estimate of drug-likeness (QED) is 0.277. The summed E-state index contributed by atoms with van der Waals surface area (Å²) in [6.45, 7) is 3.83. The number of hydrogen-bond donors (Lipinski definition) is 0. The third kappa shape index (κ3) is 4.97. The number of hydrogen-bond acceptors (Lipinski definition) is 10. The lowest BCUT2D eigenvalue weighted by Gasteiger charge is -2.61. The Hall–Kier alpha value is -3.17. The van der Waals surface area contributed by atoms with Crippen molar-refractivity contribution in [3.63, 3.8) is 0 Å². The molecule has 0 unspecified atom stereocenters. The Balaban J connectivity index is 1.60. The number of ether oxygens (including phenoxy) is 4. The molecule has 0 bridgehead atoms. The Bertz CT molecular complexity index is 1080. The van der Waals surface area contributed by atoms with Gasteiger partial charge in [0.1, 0.15) is 6.10 Å². The molecule has 10 heteroatoms. The Morgan fingerprint density at radius 3 is 2.37 bits per heavy atom. The van der Waals surface area contributed by atoms with E-state index < -0.39 is 52.7 Å². The number of fused-ring (bicyclic) bond motifs is 3. The van der Waals surface area contributed by atoms with E-state index in [1.165, 1.54) is 26.7 Å². The van der Waals surface area contributed by atoms with E-state index in [0.717, 1.165) is 0 Å². The third-order valence-corrected chi connectivity index (χ3v) is 9.02. The maximum atomic E-state index is 14.1. The first-order valence-corrected chi connectivity index (χ1v) is 13.2. The van der Waals surface area contributed by atoms with Crippen molar-refractivity contribution in [2.75, 3.05) is 14.2 Å². The fraction of sp³-hybridized carbons (Fsp3) is 0.679. The van der Waals surface area contributed by atoms with Crippen LogP contribution >= 0.6 is 0 Å². The molecule has 7 atom stereocenters. The Morgan fingerprint density at radius 1 is 1.03 bits per heavy atom. The van der Waals surface area contributed by atoms with Crippen LogP contribution in [0.4, 0.5) is 0 Å². The van der Waals surface area contributed by atoms with Crippen molar-refractivity contribution in [1.29, 1.82) is 0 Å². The van der Waals surface area contributed by atoms with E-state index in [1.54, 1.807) is 6.07 Å². The molecule has 0 N–H and O–H groups in total. The number of furan rings is 1. The van der Waals surface area contributed by atoms with Gasteiger partial charge in [0.25, 0.3) is 0 Å². The smallest absolute Gasteiger partial charge is 0.310 e. The maximum Gasteiger partial charge on any atom is 0.310 e. The molecule has 2 saturated carbocycles. The number of Topliss-reactive ketones (excluding diaryl/α,β-unsaturated/α-hetero) is 1. The van der Waals surface area contributed by atoms with Crippen LogP contribution in [0.1, 0.15) is 76.9 Å². The van der Waals surface area contributed by atoms with Crippen LogP contribution in [0, 0.1) is 28.6 Å². The lowest BCUT2D eigenvalue weighted by molar-refractivity contribution is -0.210. The van der Waals surface area contributed by atoms with Crippen molar-refractivity contribution in [2.24, 2.45) is 28.6 Å². The topological polar surface area (TPSA) is 135 Å². The number of unbranched alkanes of at least 4 members (excludes halogenated alkanes) is 1. The molecule has 2 heterocycles. The lowest BCUT2D eigenvalue weighted by Crippen LogP contribution is -2.64. The second-order valence-electron chi connectivity index (χ2n) is 11.2. The van der Waals surface area contributed by atoms with Crippen molar-refractivity contribution in [3.05, 3.63) is 24.2 Å². The molecule has 38 heavy (non-hydrogen) atoms. The summed E-state index contributed by atoms with van der Waals surface area (Å²) in [5, 5.41) is 0. The monoisotopic (exact) mass is 532 g/mol. The molecule has 1 saturated heterocycles. The highest BCUT2D eigenvalue weighted by molar-refractivity contribution is 5.93. The molecule has 3 aliphatic rings. The molecular weight excluding hydrogens is 496 g/mol. The molecule has 0 spiro atoms. The fourth-order valence-electron chi connectivity index (χ4n) is 7.12. The molecule has 2 aliphatic carbocycles. The SMILES string of the molecule is COC(=O)CCCCC(=O)O[C@H]1C[C@@H](C(=O)OC)[C@]2(C)CC[C@H]3C(=O)O[C@H](c4ccoc4)C[C@]3(C)[C@H]2C1=O. The van der Waals surface area contributed by atoms with E-state index >= 15 is 0 Å². The Morgan fingerprint density at radius 2 is 1.74 bits per heavy atom. The average Bonchev–Trinajstić information content (AvgIpc) is 3.42. The molecule has 3 fully saturated rings. The van der Waals surface area contributed by atoms with E-state index in [-0.39, 0.29) is 37.0 Å². The molecular formula is C28H36O10. The van der Waals surface area contributed by atoms with Crippen LogP contribution in [0.25, 0.3) is 0 Å². The first kappa shape index (κ1) is 27.9. The van der Waals surface area contributed by atoms with Gasteiger partial charge >= 0.3 is 23.9 Å². The van der Waals surface area contributed by atoms with Gasteiger partial charge in [0.15, 0.2) is 11.9 Å². The minimum absolute atomic E-state index is 0.0282. The standard InChI is InChI=1S/C28H36O10/c1-27-11-9-17-26(33)38-20(16-10-12-36-15-16)14-28(17,2)24(27)23(31)19(13-18(27)25(32)35-4)37-22(30)8-6-5-7-21(29)34-3/h10,12,15,17-20,24H,5-9,11,13-14H2,1-4H3/t17-,18-,19-,20-,24-,27-,28-/m0/s1. The van der Waals surface area contributed by atoms with Crippen LogP contribution in [0.15, 0.2) is 23.0 Å². The van der Waals surface area contributed by atoms with Gasteiger partial charge in [-0.3, -0.25) is 24.0 Å². The second kappa shape index (κ2) is 10.9. The minimum atomic E-state index is -1.13. The number of carbonyl (C=O) groups is 5.